The number of nitrogens with zero attached hydrogens (tertiary/aromatic N) is 3. The normalized spacial score (nSPS) is 14.4. The van der Waals surface area contributed by atoms with Crippen molar-refractivity contribution in [3.05, 3.63) is 72.9 Å². The summed E-state index contributed by atoms with van der Waals surface area (Å²) in [5, 5.41) is 0. The zero-order valence-electron chi connectivity index (χ0n) is 20.1. The molecule has 3 heterocycles. The van der Waals surface area contributed by atoms with Gasteiger partial charge in [-0.15, -0.1) is 0 Å². The first-order valence-corrected chi connectivity index (χ1v) is 11.7. The van der Waals surface area contributed by atoms with E-state index in [9.17, 15) is 9.18 Å². The second kappa shape index (κ2) is 9.06. The Hall–Kier alpha value is -3.87. The summed E-state index contributed by atoms with van der Waals surface area (Å²) < 4.78 is 24.9. The van der Waals surface area contributed by atoms with Crippen LogP contribution < -0.4 is 4.90 Å². The summed E-state index contributed by atoms with van der Waals surface area (Å²) in [6, 6.07) is 16.7. The molecule has 4 aromatic rings. The van der Waals surface area contributed by atoms with Crippen LogP contribution in [0.3, 0.4) is 0 Å². The van der Waals surface area contributed by atoms with Crippen LogP contribution in [0.5, 0.6) is 0 Å². The van der Waals surface area contributed by atoms with Crippen molar-refractivity contribution in [2.24, 2.45) is 0 Å². The highest BCUT2D eigenvalue weighted by Crippen LogP contribution is 2.32. The Kier molecular flexibility index (Phi) is 5.93. The molecule has 1 aliphatic rings. The van der Waals surface area contributed by atoms with Gasteiger partial charge < -0.3 is 19.0 Å². The van der Waals surface area contributed by atoms with Gasteiger partial charge in [-0.05, 0) is 62.2 Å². The molecule has 1 aliphatic heterocycles. The van der Waals surface area contributed by atoms with Gasteiger partial charge in [0.25, 0.3) is 0 Å². The maximum atomic E-state index is 13.6. The number of piperazine rings is 1. The van der Waals surface area contributed by atoms with Gasteiger partial charge in [-0.2, -0.15) is 0 Å². The second-order valence-electron chi connectivity index (χ2n) is 9.73. The first-order valence-electron chi connectivity index (χ1n) is 11.7. The number of aromatic nitrogens is 1. The van der Waals surface area contributed by atoms with E-state index in [-0.39, 0.29) is 11.9 Å². The molecule has 2 aromatic carbocycles. The molecule has 1 saturated heterocycles. The summed E-state index contributed by atoms with van der Waals surface area (Å²) >= 11 is 0. The molecule has 0 bridgehead atoms. The number of carbonyl (C=O) groups is 1. The Morgan fingerprint density at radius 2 is 1.71 bits per heavy atom. The fourth-order valence-corrected chi connectivity index (χ4v) is 4.27. The average molecular weight is 474 g/mol. The Balaban J connectivity index is 1.28. The molecule has 35 heavy (non-hydrogen) atoms. The molecule has 0 spiro atoms. The van der Waals surface area contributed by atoms with Crippen LogP contribution >= 0.6 is 0 Å². The molecular formula is C28H28FN3O3. The van der Waals surface area contributed by atoms with Crippen LogP contribution in [-0.4, -0.2) is 47.8 Å². The Morgan fingerprint density at radius 1 is 0.971 bits per heavy atom. The summed E-state index contributed by atoms with van der Waals surface area (Å²) in [7, 11) is 0. The van der Waals surface area contributed by atoms with Crippen molar-refractivity contribution in [2.75, 3.05) is 31.1 Å². The summed E-state index contributed by atoms with van der Waals surface area (Å²) in [5.74, 6) is -0.292. The molecule has 0 N–H and O–H groups in total. The maximum Gasteiger partial charge on any atom is 0.410 e. The van der Waals surface area contributed by atoms with Crippen molar-refractivity contribution in [1.82, 2.24) is 9.88 Å². The minimum atomic E-state index is -0.487. The predicted octanol–water partition coefficient (Wildman–Crippen LogP) is 6.36. The van der Waals surface area contributed by atoms with E-state index in [0.717, 1.165) is 41.0 Å². The van der Waals surface area contributed by atoms with Gasteiger partial charge in [0.15, 0.2) is 5.58 Å². The van der Waals surface area contributed by atoms with Crippen molar-refractivity contribution in [1.29, 1.82) is 0 Å². The van der Waals surface area contributed by atoms with Gasteiger partial charge in [-0.3, -0.25) is 4.98 Å². The number of fused-ring (bicyclic) bond motifs is 1. The lowest BCUT2D eigenvalue weighted by molar-refractivity contribution is 0.0240. The number of furan rings is 1. The van der Waals surface area contributed by atoms with E-state index in [1.165, 1.54) is 12.1 Å². The predicted molar refractivity (Wildman–Crippen MR) is 135 cm³/mol. The Bertz CT molecular complexity index is 1350. The van der Waals surface area contributed by atoms with E-state index in [2.05, 4.69) is 34.1 Å². The van der Waals surface area contributed by atoms with Crippen molar-refractivity contribution < 1.29 is 18.3 Å². The Morgan fingerprint density at radius 3 is 2.40 bits per heavy atom. The maximum absolute atomic E-state index is 13.6. The summed E-state index contributed by atoms with van der Waals surface area (Å²) in [6.07, 6.45) is 3.18. The summed E-state index contributed by atoms with van der Waals surface area (Å²) in [4.78, 5) is 20.9. The average Bonchev–Trinajstić information content (AvgIpc) is 3.27. The topological polar surface area (TPSA) is 58.8 Å². The molecule has 5 rings (SSSR count). The molecule has 0 atom stereocenters. The van der Waals surface area contributed by atoms with Crippen LogP contribution in [0.4, 0.5) is 14.9 Å². The Labute approximate surface area is 203 Å². The van der Waals surface area contributed by atoms with Crippen LogP contribution in [0.1, 0.15) is 20.8 Å². The highest BCUT2D eigenvalue weighted by Gasteiger charge is 2.26. The molecule has 7 heteroatoms. The number of halogens is 1. The monoisotopic (exact) mass is 473 g/mol. The fraction of sp³-hybridized carbons (Fsp3) is 0.286. The zero-order chi connectivity index (χ0) is 24.6. The third kappa shape index (κ3) is 4.99. The molecule has 2 aromatic heterocycles. The number of hydrogen-bond donors (Lipinski definition) is 0. The number of carbonyl (C=O) groups excluding carboxylic acids is 1. The first kappa shape index (κ1) is 22.9. The highest BCUT2D eigenvalue weighted by molar-refractivity contribution is 5.92. The number of hydrogen-bond acceptors (Lipinski definition) is 5. The van der Waals surface area contributed by atoms with Gasteiger partial charge in [-0.1, -0.05) is 24.3 Å². The molecule has 1 fully saturated rings. The standard InChI is InChI=1S/C28H28FN3O3/c1-28(2,3)35-27(33)32-13-11-31(12-14-32)23-9-7-19(8-10-23)21-16-25-26(30-17-21)24(18-34-25)20-5-4-6-22(29)15-20/h4-10,15-18H,11-14H2,1-3H3. The van der Waals surface area contributed by atoms with Crippen LogP contribution in [0.15, 0.2) is 71.5 Å². The van der Waals surface area contributed by atoms with Crippen LogP contribution in [0.25, 0.3) is 33.4 Å². The molecule has 0 unspecified atom stereocenters. The third-order valence-corrected chi connectivity index (χ3v) is 6.04. The second-order valence-corrected chi connectivity index (χ2v) is 9.73. The van der Waals surface area contributed by atoms with Gasteiger partial charge in [-0.25, -0.2) is 9.18 Å². The van der Waals surface area contributed by atoms with Crippen LogP contribution in [0, 0.1) is 5.82 Å². The van der Waals surface area contributed by atoms with Crippen molar-refractivity contribution in [3.63, 3.8) is 0 Å². The smallest absolute Gasteiger partial charge is 0.410 e. The molecule has 6 nitrogen and oxygen atoms in total. The lowest BCUT2D eigenvalue weighted by Crippen LogP contribution is -2.50. The van der Waals surface area contributed by atoms with E-state index in [1.807, 2.05) is 39.1 Å². The largest absolute Gasteiger partial charge is 0.462 e. The van der Waals surface area contributed by atoms with Crippen LogP contribution in [-0.2, 0) is 4.74 Å². The van der Waals surface area contributed by atoms with Gasteiger partial charge in [0.1, 0.15) is 23.2 Å². The van der Waals surface area contributed by atoms with Crippen molar-refractivity contribution >= 4 is 22.9 Å². The minimum absolute atomic E-state index is 0.256. The van der Waals surface area contributed by atoms with E-state index >= 15 is 0 Å². The SMILES string of the molecule is CC(C)(C)OC(=O)N1CCN(c2ccc(-c3cnc4c(-c5cccc(F)c5)coc4c3)cc2)CC1. The third-order valence-electron chi connectivity index (χ3n) is 6.04. The number of rotatable bonds is 3. The highest BCUT2D eigenvalue weighted by atomic mass is 19.1. The molecule has 0 radical (unpaired) electrons. The van der Waals surface area contributed by atoms with Gasteiger partial charge >= 0.3 is 6.09 Å². The van der Waals surface area contributed by atoms with Crippen molar-refractivity contribution in [2.45, 2.75) is 26.4 Å². The number of benzene rings is 2. The van der Waals surface area contributed by atoms with E-state index in [4.69, 9.17) is 9.15 Å². The number of pyridine rings is 1. The van der Waals surface area contributed by atoms with E-state index in [1.54, 1.807) is 17.2 Å². The molecule has 0 saturated carbocycles. The lowest BCUT2D eigenvalue weighted by Gasteiger charge is -2.36. The van der Waals surface area contributed by atoms with Crippen LogP contribution in [0.2, 0.25) is 0 Å². The molecule has 1 amide bonds. The molecule has 180 valence electrons. The fourth-order valence-electron chi connectivity index (χ4n) is 4.27. The summed E-state index contributed by atoms with van der Waals surface area (Å²) in [5.41, 5.74) is 5.46. The van der Waals surface area contributed by atoms with Gasteiger partial charge in [0.05, 0.1) is 0 Å². The minimum Gasteiger partial charge on any atom is -0.462 e. The first-order chi connectivity index (χ1) is 16.8. The quantitative estimate of drug-likeness (QED) is 0.347. The molecular weight excluding hydrogens is 445 g/mol. The zero-order valence-corrected chi connectivity index (χ0v) is 20.1. The summed E-state index contributed by atoms with van der Waals surface area (Å²) in [6.45, 7) is 8.40. The van der Waals surface area contributed by atoms with E-state index < -0.39 is 5.60 Å². The van der Waals surface area contributed by atoms with E-state index in [0.29, 0.717) is 24.2 Å². The number of anilines is 1. The van der Waals surface area contributed by atoms with Crippen molar-refractivity contribution in [3.8, 4) is 22.3 Å². The number of amides is 1. The van der Waals surface area contributed by atoms with Gasteiger partial charge in [0, 0.05) is 49.2 Å². The van der Waals surface area contributed by atoms with Gasteiger partial charge in [0.2, 0.25) is 0 Å². The molecule has 0 aliphatic carbocycles. The lowest BCUT2D eigenvalue weighted by atomic mass is 10.0. The number of ether oxygens (including phenoxy) is 1.